The fourth-order valence-corrected chi connectivity index (χ4v) is 2.16. The molecule has 1 heterocycles. The van der Waals surface area contributed by atoms with Crippen LogP contribution in [0.4, 0.5) is 8.78 Å². The van der Waals surface area contributed by atoms with Gasteiger partial charge < -0.3 is 4.74 Å². The molecule has 1 aromatic heterocycles. The van der Waals surface area contributed by atoms with Crippen molar-refractivity contribution in [2.24, 2.45) is 0 Å². The number of nitrogens with zero attached hydrogens (tertiary/aromatic N) is 1. The van der Waals surface area contributed by atoms with Crippen LogP contribution in [-0.2, 0) is 4.74 Å². The van der Waals surface area contributed by atoms with E-state index in [0.29, 0.717) is 17.3 Å². The second-order valence-corrected chi connectivity index (χ2v) is 4.51. The third-order valence-corrected chi connectivity index (χ3v) is 2.86. The molecule has 1 aromatic carbocycles. The molecule has 0 spiro atoms. The highest BCUT2D eigenvalue weighted by Gasteiger charge is 2.20. The highest BCUT2D eigenvalue weighted by molar-refractivity contribution is 6.29. The Bertz CT molecular complexity index is 669. The maximum absolute atomic E-state index is 14.0. The molecule has 0 radical (unpaired) electrons. The van der Waals surface area contributed by atoms with Gasteiger partial charge >= 0.3 is 5.97 Å². The zero-order valence-electron chi connectivity index (χ0n) is 10.7. The number of ether oxygens (including phenoxy) is 1. The van der Waals surface area contributed by atoms with Gasteiger partial charge in [-0.1, -0.05) is 11.6 Å². The lowest BCUT2D eigenvalue weighted by Crippen LogP contribution is -2.06. The average molecular weight is 298 g/mol. The monoisotopic (exact) mass is 297 g/mol. The third-order valence-electron chi connectivity index (χ3n) is 2.67. The van der Waals surface area contributed by atoms with Crippen molar-refractivity contribution in [3.05, 3.63) is 52.3 Å². The fraction of sp³-hybridized carbons (Fsp3) is 0.143. The molecule has 0 aliphatic rings. The van der Waals surface area contributed by atoms with Crippen molar-refractivity contribution in [3.8, 4) is 11.1 Å². The van der Waals surface area contributed by atoms with E-state index in [-0.39, 0.29) is 16.3 Å². The molecule has 0 aliphatic heterocycles. The first-order valence-corrected chi connectivity index (χ1v) is 6.02. The van der Waals surface area contributed by atoms with Crippen molar-refractivity contribution < 1.29 is 18.3 Å². The normalized spacial score (nSPS) is 10.4. The van der Waals surface area contributed by atoms with Gasteiger partial charge in [-0.3, -0.25) is 0 Å². The van der Waals surface area contributed by atoms with Crippen LogP contribution in [0, 0.1) is 18.6 Å². The van der Waals surface area contributed by atoms with E-state index < -0.39 is 17.6 Å². The summed E-state index contributed by atoms with van der Waals surface area (Å²) in [6, 6.07) is 4.57. The van der Waals surface area contributed by atoms with Crippen molar-refractivity contribution in [2.45, 2.75) is 6.92 Å². The van der Waals surface area contributed by atoms with Gasteiger partial charge in [-0.15, -0.1) is 0 Å². The SMILES string of the molecule is COC(=O)c1cc(F)cc(F)c1-c1cc(C)nc(Cl)c1. The van der Waals surface area contributed by atoms with Gasteiger partial charge in [0.15, 0.2) is 0 Å². The van der Waals surface area contributed by atoms with Gasteiger partial charge in [-0.25, -0.2) is 18.6 Å². The van der Waals surface area contributed by atoms with Gasteiger partial charge in [0, 0.05) is 17.3 Å². The van der Waals surface area contributed by atoms with Crippen molar-refractivity contribution in [2.75, 3.05) is 7.11 Å². The van der Waals surface area contributed by atoms with Gasteiger partial charge in [0.25, 0.3) is 0 Å². The standard InChI is InChI=1S/C14H10ClF2NO2/c1-7-3-8(4-12(15)18-7)13-10(14(19)20-2)5-9(16)6-11(13)17/h3-6H,1-2H3. The van der Waals surface area contributed by atoms with Crippen LogP contribution in [0.25, 0.3) is 11.1 Å². The Labute approximate surface area is 119 Å². The number of carbonyl (C=O) groups is 1. The quantitative estimate of drug-likeness (QED) is 0.625. The molecular weight excluding hydrogens is 288 g/mol. The van der Waals surface area contributed by atoms with E-state index in [1.807, 2.05) is 0 Å². The first-order chi connectivity index (χ1) is 9.42. The van der Waals surface area contributed by atoms with Crippen molar-refractivity contribution in [1.82, 2.24) is 4.98 Å². The van der Waals surface area contributed by atoms with Crippen LogP contribution < -0.4 is 0 Å². The second-order valence-electron chi connectivity index (χ2n) is 4.12. The summed E-state index contributed by atoms with van der Waals surface area (Å²) < 4.78 is 31.9. The molecular formula is C14H10ClF2NO2. The molecule has 2 aromatic rings. The Morgan fingerprint density at radius 1 is 1.25 bits per heavy atom. The van der Waals surface area contributed by atoms with Crippen LogP contribution in [-0.4, -0.2) is 18.1 Å². The summed E-state index contributed by atoms with van der Waals surface area (Å²) >= 11 is 5.83. The van der Waals surface area contributed by atoms with E-state index >= 15 is 0 Å². The number of halogens is 3. The van der Waals surface area contributed by atoms with Crippen LogP contribution in [0.15, 0.2) is 24.3 Å². The molecule has 104 valence electrons. The Hall–Kier alpha value is -2.01. The molecule has 0 atom stereocenters. The topological polar surface area (TPSA) is 39.2 Å². The predicted octanol–water partition coefficient (Wildman–Crippen LogP) is 3.78. The molecule has 0 saturated heterocycles. The Kier molecular flexibility index (Phi) is 3.99. The smallest absolute Gasteiger partial charge is 0.338 e. The van der Waals surface area contributed by atoms with Crippen LogP contribution >= 0.6 is 11.6 Å². The first kappa shape index (κ1) is 14.4. The number of carbonyl (C=O) groups excluding carboxylic acids is 1. The molecule has 0 amide bonds. The van der Waals surface area contributed by atoms with Gasteiger partial charge in [0.05, 0.1) is 12.7 Å². The van der Waals surface area contributed by atoms with Crippen LogP contribution in [0.1, 0.15) is 16.1 Å². The number of hydrogen-bond acceptors (Lipinski definition) is 3. The van der Waals surface area contributed by atoms with Crippen molar-refractivity contribution in [3.63, 3.8) is 0 Å². The second kappa shape index (κ2) is 5.54. The predicted molar refractivity (Wildman–Crippen MR) is 70.7 cm³/mol. The number of benzene rings is 1. The van der Waals surface area contributed by atoms with Crippen molar-refractivity contribution >= 4 is 17.6 Å². The molecule has 3 nitrogen and oxygen atoms in total. The third kappa shape index (κ3) is 2.77. The lowest BCUT2D eigenvalue weighted by molar-refractivity contribution is 0.0600. The molecule has 2 rings (SSSR count). The number of aromatic nitrogens is 1. The summed E-state index contributed by atoms with van der Waals surface area (Å²) in [5, 5.41) is 0.152. The lowest BCUT2D eigenvalue weighted by atomic mass is 9.99. The summed E-state index contributed by atoms with van der Waals surface area (Å²) in [6.07, 6.45) is 0. The Balaban J connectivity index is 2.75. The largest absolute Gasteiger partial charge is 0.465 e. The number of hydrogen-bond donors (Lipinski definition) is 0. The number of rotatable bonds is 2. The molecule has 0 aliphatic carbocycles. The zero-order valence-corrected chi connectivity index (χ0v) is 11.5. The Morgan fingerprint density at radius 2 is 1.95 bits per heavy atom. The van der Waals surface area contributed by atoms with Crippen LogP contribution in [0.2, 0.25) is 5.15 Å². The van der Waals surface area contributed by atoms with E-state index in [0.717, 1.165) is 13.2 Å². The highest BCUT2D eigenvalue weighted by Crippen LogP contribution is 2.30. The minimum absolute atomic E-state index is 0.0642. The van der Waals surface area contributed by atoms with Gasteiger partial charge in [-0.05, 0) is 30.7 Å². The fourth-order valence-electron chi connectivity index (χ4n) is 1.91. The van der Waals surface area contributed by atoms with Gasteiger partial charge in [0.2, 0.25) is 0 Å². The summed E-state index contributed by atoms with van der Waals surface area (Å²) in [5.74, 6) is -2.56. The minimum Gasteiger partial charge on any atom is -0.465 e. The first-order valence-electron chi connectivity index (χ1n) is 5.64. The highest BCUT2D eigenvalue weighted by atomic mass is 35.5. The van der Waals surface area contributed by atoms with E-state index in [4.69, 9.17) is 11.6 Å². The summed E-state index contributed by atoms with van der Waals surface area (Å²) in [4.78, 5) is 15.6. The molecule has 0 bridgehead atoms. The van der Waals surface area contributed by atoms with E-state index in [9.17, 15) is 13.6 Å². The molecule has 0 N–H and O–H groups in total. The van der Waals surface area contributed by atoms with E-state index in [1.54, 1.807) is 13.0 Å². The van der Waals surface area contributed by atoms with Gasteiger partial charge in [0.1, 0.15) is 16.8 Å². The molecule has 6 heteroatoms. The number of esters is 1. The number of pyridine rings is 1. The molecule has 20 heavy (non-hydrogen) atoms. The maximum atomic E-state index is 14.0. The van der Waals surface area contributed by atoms with Gasteiger partial charge in [-0.2, -0.15) is 0 Å². The maximum Gasteiger partial charge on any atom is 0.338 e. The number of aryl methyl sites for hydroxylation is 1. The Morgan fingerprint density at radius 3 is 2.55 bits per heavy atom. The van der Waals surface area contributed by atoms with E-state index in [1.165, 1.54) is 6.07 Å². The van der Waals surface area contributed by atoms with Crippen LogP contribution in [0.3, 0.4) is 0 Å². The molecule has 0 saturated carbocycles. The summed E-state index contributed by atoms with van der Waals surface area (Å²) in [6.45, 7) is 1.68. The molecule has 0 fully saturated rings. The zero-order chi connectivity index (χ0) is 14.9. The average Bonchev–Trinajstić information content (AvgIpc) is 2.35. The lowest BCUT2D eigenvalue weighted by Gasteiger charge is -2.10. The van der Waals surface area contributed by atoms with Crippen molar-refractivity contribution in [1.29, 1.82) is 0 Å². The number of methoxy groups -OCH3 is 1. The molecule has 0 unspecified atom stereocenters. The van der Waals surface area contributed by atoms with Crippen LogP contribution in [0.5, 0.6) is 0 Å². The summed E-state index contributed by atoms with van der Waals surface area (Å²) in [5.41, 5.74) is 0.616. The van der Waals surface area contributed by atoms with E-state index in [2.05, 4.69) is 9.72 Å². The minimum atomic E-state index is -0.868. The summed E-state index contributed by atoms with van der Waals surface area (Å²) in [7, 11) is 1.14.